The van der Waals surface area contributed by atoms with Gasteiger partial charge in [-0.2, -0.15) is 11.8 Å². The van der Waals surface area contributed by atoms with Crippen molar-refractivity contribution in [3.8, 4) is 0 Å². The maximum atomic E-state index is 12.4. The van der Waals surface area contributed by atoms with E-state index in [4.69, 9.17) is 4.43 Å². The highest BCUT2D eigenvalue weighted by Gasteiger charge is 2.50. The molecule has 2 aromatic rings. The summed E-state index contributed by atoms with van der Waals surface area (Å²) in [6, 6.07) is 21.3. The van der Waals surface area contributed by atoms with Gasteiger partial charge in [0.1, 0.15) is 5.78 Å². The molecule has 1 unspecified atom stereocenters. The minimum absolute atomic E-state index is 0.0235. The zero-order chi connectivity index (χ0) is 18.6. The first-order valence-electron chi connectivity index (χ1n) is 9.30. The van der Waals surface area contributed by atoms with Gasteiger partial charge in [0.15, 0.2) is 0 Å². The van der Waals surface area contributed by atoms with Crippen molar-refractivity contribution in [1.29, 1.82) is 0 Å². The molecular weight excluding hydrogens is 356 g/mol. The Morgan fingerprint density at radius 3 is 2.00 bits per heavy atom. The number of Topliss-reactive ketones (excluding diaryl/α,β-unsaturated/α-hetero) is 1. The highest BCUT2D eigenvalue weighted by atomic mass is 32.2. The van der Waals surface area contributed by atoms with Crippen molar-refractivity contribution >= 4 is 36.2 Å². The van der Waals surface area contributed by atoms with Crippen LogP contribution in [0.3, 0.4) is 0 Å². The molecule has 0 aliphatic carbocycles. The van der Waals surface area contributed by atoms with Gasteiger partial charge in [-0.05, 0) is 15.4 Å². The van der Waals surface area contributed by atoms with Crippen molar-refractivity contribution in [2.75, 3.05) is 18.1 Å². The molecule has 26 heavy (non-hydrogen) atoms. The lowest BCUT2D eigenvalue weighted by Crippen LogP contribution is -2.67. The summed E-state index contributed by atoms with van der Waals surface area (Å²) < 4.78 is 6.88. The predicted octanol–water partition coefficient (Wildman–Crippen LogP) is 3.89. The van der Waals surface area contributed by atoms with Gasteiger partial charge in [-0.15, -0.1) is 0 Å². The number of hydrogen-bond donors (Lipinski definition) is 0. The lowest BCUT2D eigenvalue weighted by molar-refractivity contribution is -0.122. The molecule has 138 valence electrons. The summed E-state index contributed by atoms with van der Waals surface area (Å²) in [6.07, 6.45) is 0.680. The molecule has 1 fully saturated rings. The summed E-state index contributed by atoms with van der Waals surface area (Å²) in [5, 5.41) is 2.50. The van der Waals surface area contributed by atoms with Crippen LogP contribution in [0.4, 0.5) is 0 Å². The third-order valence-corrected chi connectivity index (χ3v) is 11.3. The molecular formula is C22H28O2SSi. The molecule has 1 atom stereocenters. The molecule has 0 saturated carbocycles. The molecule has 0 bridgehead atoms. The first-order chi connectivity index (χ1) is 12.4. The number of rotatable bonds is 5. The molecule has 0 amide bonds. The molecule has 1 heterocycles. The Kier molecular flexibility index (Phi) is 6.05. The van der Waals surface area contributed by atoms with Gasteiger partial charge in [-0.25, -0.2) is 0 Å². The lowest BCUT2D eigenvalue weighted by atomic mass is 10.1. The van der Waals surface area contributed by atoms with E-state index < -0.39 is 8.32 Å². The SMILES string of the molecule is CC(C)(C)[Si](OCC1CSCCC1=O)(c1ccccc1)c1ccccc1. The Morgan fingerprint density at radius 2 is 1.54 bits per heavy atom. The van der Waals surface area contributed by atoms with Gasteiger partial charge < -0.3 is 4.43 Å². The first kappa shape index (κ1) is 19.4. The van der Waals surface area contributed by atoms with Crippen LogP contribution in [0.15, 0.2) is 60.7 Å². The number of benzene rings is 2. The lowest BCUT2D eigenvalue weighted by Gasteiger charge is -2.43. The second kappa shape index (κ2) is 8.11. The van der Waals surface area contributed by atoms with Crippen LogP contribution in [0, 0.1) is 5.92 Å². The number of carbonyl (C=O) groups excluding carboxylic acids is 1. The normalized spacial score (nSPS) is 18.7. The topological polar surface area (TPSA) is 26.3 Å². The zero-order valence-corrected chi connectivity index (χ0v) is 17.7. The molecule has 2 aromatic carbocycles. The fourth-order valence-corrected chi connectivity index (χ4v) is 9.51. The van der Waals surface area contributed by atoms with E-state index in [1.54, 1.807) is 0 Å². The maximum absolute atomic E-state index is 12.4. The largest absolute Gasteiger partial charge is 0.407 e. The number of carbonyl (C=O) groups is 1. The van der Waals surface area contributed by atoms with E-state index >= 15 is 0 Å². The summed E-state index contributed by atoms with van der Waals surface area (Å²) in [4.78, 5) is 12.4. The standard InChI is InChI=1S/C22H28O2SSi/c1-22(2,3)26(19-10-6-4-7-11-19,20-12-8-5-9-13-20)24-16-18-17-25-15-14-21(18)23/h4-13,18H,14-17H2,1-3H3. The highest BCUT2D eigenvalue weighted by Crippen LogP contribution is 2.37. The molecule has 0 N–H and O–H groups in total. The average molecular weight is 385 g/mol. The molecule has 4 heteroatoms. The number of hydrogen-bond acceptors (Lipinski definition) is 3. The van der Waals surface area contributed by atoms with E-state index in [0.717, 1.165) is 11.5 Å². The van der Waals surface area contributed by atoms with Crippen LogP contribution in [0.2, 0.25) is 5.04 Å². The van der Waals surface area contributed by atoms with Crippen LogP contribution in [0.5, 0.6) is 0 Å². The van der Waals surface area contributed by atoms with Crippen molar-refractivity contribution in [1.82, 2.24) is 0 Å². The summed E-state index contributed by atoms with van der Waals surface area (Å²) in [7, 11) is -2.52. The Bertz CT molecular complexity index is 685. The van der Waals surface area contributed by atoms with E-state index in [1.807, 2.05) is 11.8 Å². The molecule has 0 aromatic heterocycles. The third kappa shape index (κ3) is 3.82. The van der Waals surface area contributed by atoms with E-state index in [9.17, 15) is 4.79 Å². The van der Waals surface area contributed by atoms with Crippen LogP contribution in [-0.2, 0) is 9.22 Å². The Hall–Kier alpha value is -1.36. The van der Waals surface area contributed by atoms with Crippen LogP contribution in [0.25, 0.3) is 0 Å². The van der Waals surface area contributed by atoms with Crippen LogP contribution < -0.4 is 10.4 Å². The van der Waals surface area contributed by atoms with Gasteiger partial charge in [-0.1, -0.05) is 81.4 Å². The fourth-order valence-electron chi connectivity index (χ4n) is 3.82. The predicted molar refractivity (Wildman–Crippen MR) is 114 cm³/mol. The molecule has 1 saturated heterocycles. The van der Waals surface area contributed by atoms with Gasteiger partial charge in [0.05, 0.1) is 0 Å². The molecule has 0 radical (unpaired) electrons. The molecule has 2 nitrogen and oxygen atoms in total. The van der Waals surface area contributed by atoms with Gasteiger partial charge >= 0.3 is 0 Å². The smallest absolute Gasteiger partial charge is 0.261 e. The summed E-state index contributed by atoms with van der Waals surface area (Å²) in [5.74, 6) is 2.23. The summed E-state index contributed by atoms with van der Waals surface area (Å²) in [6.45, 7) is 7.35. The van der Waals surface area contributed by atoms with E-state index in [0.29, 0.717) is 18.8 Å². The van der Waals surface area contributed by atoms with Crippen molar-refractivity contribution < 1.29 is 9.22 Å². The van der Waals surface area contributed by atoms with Crippen molar-refractivity contribution in [2.24, 2.45) is 5.92 Å². The second-order valence-electron chi connectivity index (χ2n) is 7.96. The molecule has 1 aliphatic heterocycles. The monoisotopic (exact) mass is 384 g/mol. The van der Waals surface area contributed by atoms with Crippen molar-refractivity contribution in [3.05, 3.63) is 60.7 Å². The van der Waals surface area contributed by atoms with Gasteiger partial charge in [0, 0.05) is 30.5 Å². The fraction of sp³-hybridized carbons (Fsp3) is 0.409. The Balaban J connectivity index is 2.04. The van der Waals surface area contributed by atoms with Crippen molar-refractivity contribution in [3.63, 3.8) is 0 Å². The summed E-state index contributed by atoms with van der Waals surface area (Å²) >= 11 is 1.87. The summed E-state index contributed by atoms with van der Waals surface area (Å²) in [5.41, 5.74) is 0. The van der Waals surface area contributed by atoms with Gasteiger partial charge in [0.2, 0.25) is 0 Å². The van der Waals surface area contributed by atoms with Crippen LogP contribution >= 0.6 is 11.8 Å². The number of ketones is 1. The van der Waals surface area contributed by atoms with E-state index in [1.165, 1.54) is 10.4 Å². The average Bonchev–Trinajstić information content (AvgIpc) is 2.64. The van der Waals surface area contributed by atoms with Crippen molar-refractivity contribution in [2.45, 2.75) is 32.2 Å². The molecule has 3 rings (SSSR count). The van der Waals surface area contributed by atoms with Crippen LogP contribution in [-0.4, -0.2) is 32.2 Å². The Morgan fingerprint density at radius 1 is 1.00 bits per heavy atom. The maximum Gasteiger partial charge on any atom is 0.261 e. The van der Waals surface area contributed by atoms with E-state index in [2.05, 4.69) is 81.4 Å². The molecule has 1 aliphatic rings. The zero-order valence-electron chi connectivity index (χ0n) is 15.9. The third-order valence-electron chi connectivity index (χ3n) is 5.19. The minimum atomic E-state index is -2.52. The minimum Gasteiger partial charge on any atom is -0.407 e. The van der Waals surface area contributed by atoms with Gasteiger partial charge in [-0.3, -0.25) is 4.79 Å². The van der Waals surface area contributed by atoms with E-state index in [-0.39, 0.29) is 11.0 Å². The quantitative estimate of drug-likeness (QED) is 0.732. The second-order valence-corrected chi connectivity index (χ2v) is 13.4. The molecule has 0 spiro atoms. The van der Waals surface area contributed by atoms with Gasteiger partial charge in [0.25, 0.3) is 8.32 Å². The highest BCUT2D eigenvalue weighted by molar-refractivity contribution is 7.99. The first-order valence-corrected chi connectivity index (χ1v) is 12.4. The Labute approximate surface area is 162 Å². The van der Waals surface area contributed by atoms with Crippen LogP contribution in [0.1, 0.15) is 27.2 Å². The number of thioether (sulfide) groups is 1.